The molecule has 17 nitrogen and oxygen atoms in total. The van der Waals surface area contributed by atoms with Crippen LogP contribution in [0.1, 0.15) is 52.0 Å². The maximum absolute atomic E-state index is 11.8. The minimum atomic E-state index is -1.39. The summed E-state index contributed by atoms with van der Waals surface area (Å²) in [6, 6.07) is 7.99. The van der Waals surface area contributed by atoms with E-state index >= 15 is 0 Å². The summed E-state index contributed by atoms with van der Waals surface area (Å²) in [5.41, 5.74) is 0. The molecule has 0 aliphatic carbocycles. The highest BCUT2D eigenvalue weighted by Gasteiger charge is 2.32. The lowest BCUT2D eigenvalue weighted by Gasteiger charge is -2.10. The van der Waals surface area contributed by atoms with Gasteiger partial charge >= 0.3 is 42.0 Å². The zero-order valence-electron chi connectivity index (χ0n) is 23.4. The molecule has 2 aliphatic heterocycles. The molecule has 330 valence electrons. The van der Waals surface area contributed by atoms with Crippen LogP contribution in [0.25, 0.3) is 0 Å². The molecule has 0 bridgehead atoms. The van der Waals surface area contributed by atoms with Gasteiger partial charge in [-0.15, -0.1) is 0 Å². The highest BCUT2D eigenvalue weighted by atomic mass is 35.5. The maximum Gasteiger partial charge on any atom is 0.467 e. The normalized spacial score (nSPS) is 9.98. The van der Waals surface area contributed by atoms with Crippen molar-refractivity contribution in [2.45, 2.75) is 52.0 Å². The summed E-state index contributed by atoms with van der Waals surface area (Å²) in [4.78, 5) is 92.3. The molecule has 26 heteroatoms. The van der Waals surface area contributed by atoms with Gasteiger partial charge in [0.1, 0.15) is 0 Å². The molecule has 2 saturated heterocycles. The quantitative estimate of drug-likeness (QED) is 0.0709. The second-order valence-electron chi connectivity index (χ2n) is 7.46. The van der Waals surface area contributed by atoms with Crippen molar-refractivity contribution in [2.75, 3.05) is 0 Å². The van der Waals surface area contributed by atoms with Gasteiger partial charge in [0.2, 0.25) is 0 Å². The molecule has 0 unspecified atom stereocenters. The molecule has 0 spiro atoms. The molecule has 58 heavy (non-hydrogen) atoms. The van der Waals surface area contributed by atoms with Crippen LogP contribution in [0.15, 0.2) is 36.4 Å². The molecule has 3 N–H and O–H groups in total. The van der Waals surface area contributed by atoms with Crippen LogP contribution < -0.4 is 9.47 Å². The van der Waals surface area contributed by atoms with Crippen LogP contribution >= 0.6 is 104 Å². The lowest BCUT2D eigenvalue weighted by molar-refractivity contribution is -0.296. The van der Waals surface area contributed by atoms with Gasteiger partial charge in [-0.25, -0.2) is 48.3 Å². The van der Waals surface area contributed by atoms with Crippen LogP contribution in [0.2, 0.25) is 45.2 Å². The molecule has 3 aromatic rings. The molecular weight excluding hydrogens is 975 g/mol. The van der Waals surface area contributed by atoms with Crippen LogP contribution in [-0.4, -0.2) is 57.6 Å². The van der Waals surface area contributed by atoms with Crippen LogP contribution in [0, 0.1) is 0 Å². The Morgan fingerprint density at radius 3 is 0.776 bits per heavy atom. The SMILES string of the molecule is C.C.C.C.C.C.C.O=C(Oc1c(Cl)cc(Cl)cc1Cl)C(=O)Oc1c(Cl)cc(Cl)cc1Cl.O=C1OOC1=O.O=C1OOC1=O.O=C=O.OO.Oc1c(Cl)cc(Cl)cc1Cl. The van der Waals surface area contributed by atoms with Crippen molar-refractivity contribution in [2.24, 2.45) is 0 Å². The van der Waals surface area contributed by atoms with E-state index in [-0.39, 0.29) is 116 Å². The van der Waals surface area contributed by atoms with Gasteiger partial charge < -0.3 is 14.6 Å². The van der Waals surface area contributed by atoms with E-state index in [0.29, 0.717) is 5.02 Å². The Morgan fingerprint density at radius 2 is 0.621 bits per heavy atom. The fraction of sp³-hybridized carbons (Fsp3) is 0.219. The van der Waals surface area contributed by atoms with E-state index in [0.717, 1.165) is 0 Å². The number of ether oxygens (including phenoxy) is 2. The van der Waals surface area contributed by atoms with Gasteiger partial charge in [0.05, 0.1) is 30.1 Å². The first-order valence-corrected chi connectivity index (χ1v) is 14.8. The Kier molecular flexibility index (Phi) is 45.0. The van der Waals surface area contributed by atoms with E-state index in [9.17, 15) is 28.8 Å². The van der Waals surface area contributed by atoms with Gasteiger partial charge in [-0.3, -0.25) is 10.5 Å². The van der Waals surface area contributed by atoms with Gasteiger partial charge in [-0.05, 0) is 36.4 Å². The summed E-state index contributed by atoms with van der Waals surface area (Å²) in [6.07, 6.45) is 0.250. The fourth-order valence-corrected chi connectivity index (χ4v) is 4.88. The number of aromatic hydroxyl groups is 1. The van der Waals surface area contributed by atoms with Crippen molar-refractivity contribution in [3.63, 3.8) is 0 Å². The van der Waals surface area contributed by atoms with Crippen LogP contribution in [0.5, 0.6) is 17.2 Å². The van der Waals surface area contributed by atoms with Crippen molar-refractivity contribution >= 4 is 146 Å². The Balaban J connectivity index is -0.000000102. The number of hydrogen-bond acceptors (Lipinski definition) is 17. The first kappa shape index (κ1) is 71.9. The molecule has 0 saturated carbocycles. The van der Waals surface area contributed by atoms with Crippen LogP contribution in [0.3, 0.4) is 0 Å². The number of carbonyl (C=O) groups excluding carboxylic acids is 8. The summed E-state index contributed by atoms with van der Waals surface area (Å²) in [6.45, 7) is 0. The number of halogens is 9. The van der Waals surface area contributed by atoms with Gasteiger partial charge in [0.15, 0.2) is 17.2 Å². The van der Waals surface area contributed by atoms with Crippen molar-refractivity contribution < 1.29 is 83.0 Å². The van der Waals surface area contributed by atoms with Gasteiger partial charge in [-0.1, -0.05) is 156 Å². The number of phenols is 1. The van der Waals surface area contributed by atoms with Crippen molar-refractivity contribution in [3.8, 4) is 17.2 Å². The number of hydrogen-bond donors (Lipinski definition) is 3. The third-order valence-corrected chi connectivity index (χ3v) is 6.54. The Morgan fingerprint density at radius 1 is 0.448 bits per heavy atom. The lowest BCUT2D eigenvalue weighted by atomic mass is 10.3. The standard InChI is InChI=1S/C14H4Cl6O4.C6H3Cl3O.2C2O4.CO2.7CH4.H2O2/c15-5-1-7(17)11(8(18)2-5)23-13(21)14(22)24-12-9(19)3-6(16)4-10(12)20;7-3-1-4(8)6(10)5(9)2-3;2*3-1-2(4)6-5-1;2-1-3;;;;;;;;1-2/h1-4H;1-2,10H;;;;7*1H4;1-2H. The van der Waals surface area contributed by atoms with E-state index in [2.05, 4.69) is 19.6 Å². The Bertz CT molecular complexity index is 1640. The van der Waals surface area contributed by atoms with E-state index in [4.69, 9.17) is 139 Å². The molecule has 3 aromatic carbocycles. The average molecular weight is 1010 g/mol. The van der Waals surface area contributed by atoms with E-state index in [1.54, 1.807) is 0 Å². The first-order valence-electron chi connectivity index (χ1n) is 11.4. The third-order valence-electron chi connectivity index (χ3n) is 4.18. The number of rotatable bonds is 2. The highest BCUT2D eigenvalue weighted by Crippen LogP contribution is 2.38. The minimum Gasteiger partial charge on any atom is -0.505 e. The summed E-state index contributed by atoms with van der Waals surface area (Å²) in [5, 5.41) is 22.0. The molecule has 2 fully saturated rings. The predicted molar refractivity (Wildman–Crippen MR) is 219 cm³/mol. The van der Waals surface area contributed by atoms with Crippen LogP contribution in [0.4, 0.5) is 0 Å². The van der Waals surface area contributed by atoms with Crippen molar-refractivity contribution in [1.82, 2.24) is 0 Å². The van der Waals surface area contributed by atoms with Gasteiger partial charge in [-0.2, -0.15) is 9.59 Å². The van der Waals surface area contributed by atoms with Crippen LogP contribution in [-0.2, 0) is 57.9 Å². The summed E-state index contributed by atoms with van der Waals surface area (Å²) < 4.78 is 9.64. The predicted octanol–water partition coefficient (Wildman–Crippen LogP) is 11.4. The molecule has 2 heterocycles. The monoisotopic (exact) mass is 1010 g/mol. The van der Waals surface area contributed by atoms with Crippen molar-refractivity contribution in [3.05, 3.63) is 81.6 Å². The van der Waals surface area contributed by atoms with Gasteiger partial charge in [0, 0.05) is 15.1 Å². The average Bonchev–Trinajstić information content (AvgIpc) is 3.07. The molecule has 0 atom stereocenters. The second kappa shape index (κ2) is 36.3. The van der Waals surface area contributed by atoms with E-state index in [1.807, 2.05) is 0 Å². The highest BCUT2D eigenvalue weighted by molar-refractivity contribution is 6.43. The Hall–Kier alpha value is -3.81. The topological polar surface area (TPSA) is 253 Å². The number of carbonyl (C=O) groups is 6. The molecule has 2 aliphatic rings. The molecule has 0 aromatic heterocycles. The van der Waals surface area contributed by atoms with Gasteiger partial charge in [0.25, 0.3) is 0 Å². The Labute approximate surface area is 378 Å². The summed E-state index contributed by atoms with van der Waals surface area (Å²) >= 11 is 51.4. The molecule has 5 rings (SSSR count). The maximum atomic E-state index is 11.8. The second-order valence-corrected chi connectivity index (χ2v) is 11.2. The number of benzene rings is 3. The fourth-order valence-electron chi connectivity index (χ4n) is 2.28. The summed E-state index contributed by atoms with van der Waals surface area (Å²) in [5.74, 6) is -7.06. The number of phenolic OH excluding ortho intramolecular Hbond substituents is 1. The lowest BCUT2D eigenvalue weighted by Crippen LogP contribution is -2.31. The molecular formula is C32H37Cl9O17. The minimum absolute atomic E-state index is 0. The molecule has 0 amide bonds. The zero-order chi connectivity index (χ0) is 39.6. The van der Waals surface area contributed by atoms with Crippen molar-refractivity contribution in [1.29, 1.82) is 0 Å². The largest absolute Gasteiger partial charge is 0.505 e. The number of esters is 2. The third kappa shape index (κ3) is 24.8. The van der Waals surface area contributed by atoms with E-state index in [1.165, 1.54) is 36.4 Å². The smallest absolute Gasteiger partial charge is 0.467 e. The van der Waals surface area contributed by atoms with E-state index < -0.39 is 35.8 Å². The zero-order valence-corrected chi connectivity index (χ0v) is 30.2. The molecule has 0 radical (unpaired) electrons. The first-order chi connectivity index (χ1) is 23.8. The summed E-state index contributed by atoms with van der Waals surface area (Å²) in [7, 11) is 0.